The third-order valence-corrected chi connectivity index (χ3v) is 8.56. The van der Waals surface area contributed by atoms with Gasteiger partial charge in [0.05, 0.1) is 10.4 Å². The van der Waals surface area contributed by atoms with Crippen LogP contribution in [0.2, 0.25) is 0 Å². The maximum atomic E-state index is 13.6. The van der Waals surface area contributed by atoms with Crippen molar-refractivity contribution in [3.63, 3.8) is 0 Å². The smallest absolute Gasteiger partial charge is 0.268 e. The molecule has 2 aliphatic rings. The maximum absolute atomic E-state index is 13.6. The highest BCUT2D eigenvalue weighted by atomic mass is 32.2. The second kappa shape index (κ2) is 5.74. The van der Waals surface area contributed by atoms with Gasteiger partial charge in [0, 0.05) is 53.2 Å². The van der Waals surface area contributed by atoms with E-state index in [-0.39, 0.29) is 0 Å². The molecule has 2 unspecified atom stereocenters. The Morgan fingerprint density at radius 2 is 1.86 bits per heavy atom. The first-order valence-corrected chi connectivity index (χ1v) is 11.6. The highest BCUT2D eigenvalue weighted by molar-refractivity contribution is 7.90. The highest BCUT2D eigenvalue weighted by Gasteiger charge is 2.36. The minimum Gasteiger partial charge on any atom is -0.347 e. The molecule has 5 nitrogen and oxygen atoms in total. The van der Waals surface area contributed by atoms with E-state index in [1.165, 1.54) is 21.7 Å². The molecule has 2 aromatic carbocycles. The fourth-order valence-corrected chi connectivity index (χ4v) is 7.01. The van der Waals surface area contributed by atoms with Crippen molar-refractivity contribution < 1.29 is 8.42 Å². The summed E-state index contributed by atoms with van der Waals surface area (Å²) in [5.41, 5.74) is 5.20. The predicted molar refractivity (Wildman–Crippen MR) is 115 cm³/mol. The molecule has 6 heteroatoms. The van der Waals surface area contributed by atoms with Crippen LogP contribution in [0, 0.1) is 6.92 Å². The van der Waals surface area contributed by atoms with Gasteiger partial charge >= 0.3 is 0 Å². The summed E-state index contributed by atoms with van der Waals surface area (Å²) in [6.07, 6.45) is 3.32. The number of aryl methyl sites for hydroxylation is 2. The Bertz CT molecular complexity index is 1410. The van der Waals surface area contributed by atoms with Gasteiger partial charge in [-0.25, -0.2) is 12.4 Å². The molecule has 6 rings (SSSR count). The zero-order chi connectivity index (χ0) is 19.9. The van der Waals surface area contributed by atoms with E-state index in [1.54, 1.807) is 6.07 Å². The monoisotopic (exact) mass is 405 g/mol. The summed E-state index contributed by atoms with van der Waals surface area (Å²) in [6.45, 7) is 1.85. The first-order valence-electron chi connectivity index (χ1n) is 10.1. The van der Waals surface area contributed by atoms with E-state index in [4.69, 9.17) is 0 Å². The number of fused-ring (bicyclic) bond motifs is 7. The summed E-state index contributed by atoms with van der Waals surface area (Å²) in [6, 6.07) is 16.1. The molecule has 0 aliphatic carbocycles. The molecule has 0 saturated carbocycles. The lowest BCUT2D eigenvalue weighted by Crippen LogP contribution is -2.32. The highest BCUT2D eigenvalue weighted by Crippen LogP contribution is 2.42. The molecule has 1 fully saturated rings. The largest absolute Gasteiger partial charge is 0.347 e. The molecular formula is C23H23N3O2S. The Kier molecular flexibility index (Phi) is 3.42. The van der Waals surface area contributed by atoms with Crippen molar-refractivity contribution in [1.29, 1.82) is 0 Å². The molecule has 2 bridgehead atoms. The second-order valence-electron chi connectivity index (χ2n) is 8.41. The van der Waals surface area contributed by atoms with Gasteiger partial charge in [-0.05, 0) is 55.7 Å². The van der Waals surface area contributed by atoms with Gasteiger partial charge in [0.15, 0.2) is 0 Å². The first-order chi connectivity index (χ1) is 13.9. The Morgan fingerprint density at radius 1 is 1.03 bits per heavy atom. The molecule has 1 saturated heterocycles. The maximum Gasteiger partial charge on any atom is 0.268 e. The average molecular weight is 406 g/mol. The lowest BCUT2D eigenvalue weighted by atomic mass is 9.99. The van der Waals surface area contributed by atoms with Gasteiger partial charge in [-0.2, -0.15) is 0 Å². The van der Waals surface area contributed by atoms with Gasteiger partial charge in [-0.3, -0.25) is 0 Å². The molecule has 0 spiro atoms. The van der Waals surface area contributed by atoms with Crippen molar-refractivity contribution in [2.45, 2.75) is 43.2 Å². The van der Waals surface area contributed by atoms with E-state index < -0.39 is 10.0 Å². The van der Waals surface area contributed by atoms with Gasteiger partial charge in [0.25, 0.3) is 10.0 Å². The van der Waals surface area contributed by atoms with Crippen LogP contribution in [0.25, 0.3) is 21.8 Å². The molecule has 2 aliphatic heterocycles. The van der Waals surface area contributed by atoms with Gasteiger partial charge in [0.1, 0.15) is 0 Å². The van der Waals surface area contributed by atoms with E-state index in [0.717, 1.165) is 40.3 Å². The molecule has 0 radical (unpaired) electrons. The minimum atomic E-state index is -3.69. The summed E-state index contributed by atoms with van der Waals surface area (Å²) < 4.78 is 31.0. The molecular weight excluding hydrogens is 382 g/mol. The molecule has 29 heavy (non-hydrogen) atoms. The predicted octanol–water partition coefficient (Wildman–Crippen LogP) is 4.03. The van der Waals surface area contributed by atoms with Crippen LogP contribution in [-0.2, 0) is 23.5 Å². The number of hydrogen-bond acceptors (Lipinski definition) is 3. The third kappa shape index (κ3) is 2.27. The molecule has 4 heterocycles. The van der Waals surface area contributed by atoms with Crippen molar-refractivity contribution in [3.8, 4) is 0 Å². The first kappa shape index (κ1) is 17.3. The van der Waals surface area contributed by atoms with Crippen LogP contribution in [0.1, 0.15) is 35.8 Å². The van der Waals surface area contributed by atoms with Gasteiger partial charge in [-0.15, -0.1) is 0 Å². The van der Waals surface area contributed by atoms with E-state index >= 15 is 0 Å². The van der Waals surface area contributed by atoms with E-state index in [9.17, 15) is 8.42 Å². The molecule has 0 amide bonds. The van der Waals surface area contributed by atoms with Crippen LogP contribution in [-0.4, -0.2) is 23.0 Å². The quantitative estimate of drug-likeness (QED) is 0.548. The van der Waals surface area contributed by atoms with Crippen LogP contribution in [0.5, 0.6) is 0 Å². The average Bonchev–Trinajstić information content (AvgIpc) is 3.34. The molecule has 1 N–H and O–H groups in total. The fourth-order valence-electron chi connectivity index (χ4n) is 5.43. The Morgan fingerprint density at radius 3 is 2.72 bits per heavy atom. The van der Waals surface area contributed by atoms with E-state index in [0.29, 0.717) is 17.0 Å². The molecule has 2 aromatic heterocycles. The van der Waals surface area contributed by atoms with Crippen LogP contribution < -0.4 is 5.32 Å². The van der Waals surface area contributed by atoms with Crippen molar-refractivity contribution in [3.05, 3.63) is 65.5 Å². The van der Waals surface area contributed by atoms with E-state index in [2.05, 4.69) is 16.9 Å². The summed E-state index contributed by atoms with van der Waals surface area (Å²) in [5.74, 6) is 0. The van der Waals surface area contributed by atoms with Crippen LogP contribution in [0.4, 0.5) is 0 Å². The minimum absolute atomic E-state index is 0.333. The number of benzene rings is 2. The number of nitrogens with one attached hydrogen (secondary N) is 1. The van der Waals surface area contributed by atoms with Crippen molar-refractivity contribution in [1.82, 2.24) is 13.9 Å². The number of rotatable bonds is 2. The van der Waals surface area contributed by atoms with Crippen LogP contribution >= 0.6 is 0 Å². The summed E-state index contributed by atoms with van der Waals surface area (Å²) in [7, 11) is -1.59. The van der Waals surface area contributed by atoms with Crippen molar-refractivity contribution >= 4 is 31.8 Å². The molecule has 2 atom stereocenters. The van der Waals surface area contributed by atoms with Crippen molar-refractivity contribution in [2.75, 3.05) is 0 Å². The zero-order valence-electron chi connectivity index (χ0n) is 16.5. The standard InChI is InChI=1S/C23H23N3O2S/c1-14-11-15-5-3-4-6-20(15)26(14)29(27,28)17-8-10-21-18(13-17)23-19-9-7-16(24-19)12-22(23)25(21)2/h3-6,8,10-11,13,16,19,24H,7,9,12H2,1-2H3. The van der Waals surface area contributed by atoms with Crippen LogP contribution in [0.3, 0.4) is 0 Å². The number of hydrogen-bond donors (Lipinski definition) is 1. The lowest BCUT2D eigenvalue weighted by molar-refractivity contribution is 0.503. The fraction of sp³-hybridized carbons (Fsp3) is 0.304. The van der Waals surface area contributed by atoms with E-state index in [1.807, 2.05) is 49.4 Å². The summed E-state index contributed by atoms with van der Waals surface area (Å²) >= 11 is 0. The SMILES string of the molecule is Cc1cc2ccccc2n1S(=O)(=O)c1ccc2c(c1)c1c(n2C)CC2CCC1N2. The Labute approximate surface area is 170 Å². The normalized spacial score (nSPS) is 21.2. The summed E-state index contributed by atoms with van der Waals surface area (Å²) in [4.78, 5) is 0.350. The number of nitrogens with zero attached hydrogens (tertiary/aromatic N) is 2. The topological polar surface area (TPSA) is 56.0 Å². The second-order valence-corrected chi connectivity index (χ2v) is 10.2. The van der Waals surface area contributed by atoms with Crippen molar-refractivity contribution in [2.24, 2.45) is 7.05 Å². The number of para-hydroxylation sites is 1. The lowest BCUT2D eigenvalue weighted by Gasteiger charge is -2.23. The van der Waals surface area contributed by atoms with Crippen LogP contribution in [0.15, 0.2) is 53.4 Å². The van der Waals surface area contributed by atoms with Gasteiger partial charge < -0.3 is 9.88 Å². The molecule has 4 aromatic rings. The Balaban J connectivity index is 1.59. The number of aromatic nitrogens is 2. The van der Waals surface area contributed by atoms with Gasteiger partial charge in [-0.1, -0.05) is 18.2 Å². The Hall–Kier alpha value is -2.57. The molecule has 148 valence electrons. The summed E-state index contributed by atoms with van der Waals surface area (Å²) in [5, 5.41) is 5.71. The van der Waals surface area contributed by atoms with Gasteiger partial charge in [0.2, 0.25) is 0 Å². The third-order valence-electron chi connectivity index (χ3n) is 6.74. The zero-order valence-corrected chi connectivity index (χ0v) is 17.3.